The van der Waals surface area contributed by atoms with Gasteiger partial charge in [-0.15, -0.1) is 0 Å². The molecule has 1 aliphatic rings. The van der Waals surface area contributed by atoms with Crippen LogP contribution in [0.2, 0.25) is 0 Å². The van der Waals surface area contributed by atoms with Gasteiger partial charge in [0, 0.05) is 32.0 Å². The van der Waals surface area contributed by atoms with E-state index in [1.807, 2.05) is 12.4 Å². The van der Waals surface area contributed by atoms with Crippen molar-refractivity contribution in [3.8, 4) is 0 Å². The minimum Gasteiger partial charge on any atom is -0.315 e. The topological polar surface area (TPSA) is 28.2 Å². The highest BCUT2D eigenvalue weighted by atomic mass is 15.2. The summed E-state index contributed by atoms with van der Waals surface area (Å²) >= 11 is 0. The average molecular weight is 281 g/mol. The third-order valence-electron chi connectivity index (χ3n) is 4.21. The predicted molar refractivity (Wildman–Crippen MR) is 86.3 cm³/mol. The van der Waals surface area contributed by atoms with Crippen molar-refractivity contribution in [2.24, 2.45) is 0 Å². The molecule has 1 aromatic heterocycles. The third-order valence-corrected chi connectivity index (χ3v) is 4.21. The van der Waals surface area contributed by atoms with Crippen LogP contribution in [0.4, 0.5) is 0 Å². The molecule has 1 aromatic carbocycles. The highest BCUT2D eigenvalue weighted by Gasteiger charge is 2.24. The zero-order valence-corrected chi connectivity index (χ0v) is 12.6. The molecule has 1 fully saturated rings. The van der Waals surface area contributed by atoms with Gasteiger partial charge in [-0.05, 0) is 42.6 Å². The molecule has 0 spiro atoms. The number of hydrogen-bond donors (Lipinski definition) is 1. The average Bonchev–Trinajstić information content (AvgIpc) is 2.80. The highest BCUT2D eigenvalue weighted by Crippen LogP contribution is 2.30. The van der Waals surface area contributed by atoms with Gasteiger partial charge in [0.25, 0.3) is 0 Å². The van der Waals surface area contributed by atoms with Crippen LogP contribution in [0.3, 0.4) is 0 Å². The van der Waals surface area contributed by atoms with Crippen LogP contribution in [0.1, 0.15) is 29.2 Å². The Morgan fingerprint density at radius 3 is 2.76 bits per heavy atom. The summed E-state index contributed by atoms with van der Waals surface area (Å²) in [5.41, 5.74) is 4.01. The summed E-state index contributed by atoms with van der Waals surface area (Å²) < 4.78 is 0. The zero-order chi connectivity index (χ0) is 14.5. The maximum absolute atomic E-state index is 4.25. The molecule has 0 bridgehead atoms. The lowest BCUT2D eigenvalue weighted by Crippen LogP contribution is -2.33. The van der Waals surface area contributed by atoms with E-state index in [2.05, 4.69) is 58.5 Å². The van der Waals surface area contributed by atoms with Gasteiger partial charge in [0.2, 0.25) is 0 Å². The molecule has 2 heterocycles. The number of nitrogens with one attached hydrogen (secondary N) is 1. The van der Waals surface area contributed by atoms with E-state index in [0.717, 1.165) is 26.2 Å². The van der Waals surface area contributed by atoms with Crippen LogP contribution in [0, 0.1) is 6.92 Å². The van der Waals surface area contributed by atoms with Gasteiger partial charge in [0.1, 0.15) is 0 Å². The molecule has 0 saturated carbocycles. The lowest BCUT2D eigenvalue weighted by molar-refractivity contribution is 0.240. The van der Waals surface area contributed by atoms with Crippen LogP contribution in [0.15, 0.2) is 48.8 Å². The van der Waals surface area contributed by atoms with Crippen molar-refractivity contribution in [2.45, 2.75) is 19.4 Å². The Morgan fingerprint density at radius 2 is 1.95 bits per heavy atom. The van der Waals surface area contributed by atoms with E-state index < -0.39 is 0 Å². The molecule has 3 rings (SSSR count). The second-order valence-electron chi connectivity index (χ2n) is 5.69. The standard InChI is InChI=1S/C18H23N3/c1-15-14-20-10-8-17(15)18(16-6-3-2-4-7-16)21-12-5-9-19-11-13-21/h2-4,6-8,10,14,18-19H,5,9,11-13H2,1H3. The molecule has 110 valence electrons. The molecule has 1 aliphatic heterocycles. The SMILES string of the molecule is Cc1cnccc1C(c1ccccc1)N1CCCNCC1. The lowest BCUT2D eigenvalue weighted by atomic mass is 9.94. The molecule has 1 saturated heterocycles. The molecule has 1 unspecified atom stereocenters. The molecule has 21 heavy (non-hydrogen) atoms. The summed E-state index contributed by atoms with van der Waals surface area (Å²) in [6, 6.07) is 13.3. The fraction of sp³-hybridized carbons (Fsp3) is 0.389. The fourth-order valence-corrected chi connectivity index (χ4v) is 3.14. The minimum atomic E-state index is 0.328. The van der Waals surface area contributed by atoms with Gasteiger partial charge in [-0.2, -0.15) is 0 Å². The van der Waals surface area contributed by atoms with E-state index in [0.29, 0.717) is 6.04 Å². The monoisotopic (exact) mass is 281 g/mol. The van der Waals surface area contributed by atoms with Crippen molar-refractivity contribution in [2.75, 3.05) is 26.2 Å². The number of aromatic nitrogens is 1. The number of hydrogen-bond acceptors (Lipinski definition) is 3. The number of aryl methyl sites for hydroxylation is 1. The Labute approximate surface area is 127 Å². The van der Waals surface area contributed by atoms with Crippen LogP contribution >= 0.6 is 0 Å². The van der Waals surface area contributed by atoms with Crippen LogP contribution in [0.5, 0.6) is 0 Å². The van der Waals surface area contributed by atoms with Crippen LogP contribution in [-0.2, 0) is 0 Å². The molecule has 3 heteroatoms. The Hall–Kier alpha value is -1.71. The Morgan fingerprint density at radius 1 is 1.10 bits per heavy atom. The van der Waals surface area contributed by atoms with Gasteiger partial charge < -0.3 is 5.32 Å². The first-order valence-corrected chi connectivity index (χ1v) is 7.76. The number of nitrogens with zero attached hydrogens (tertiary/aromatic N) is 2. The summed E-state index contributed by atoms with van der Waals surface area (Å²) in [7, 11) is 0. The molecule has 1 N–H and O–H groups in total. The molecule has 1 atom stereocenters. The lowest BCUT2D eigenvalue weighted by Gasteiger charge is -2.32. The molecular formula is C18H23N3. The fourth-order valence-electron chi connectivity index (χ4n) is 3.14. The second kappa shape index (κ2) is 6.83. The second-order valence-corrected chi connectivity index (χ2v) is 5.69. The van der Waals surface area contributed by atoms with Gasteiger partial charge in [-0.3, -0.25) is 9.88 Å². The van der Waals surface area contributed by atoms with E-state index in [-0.39, 0.29) is 0 Å². The smallest absolute Gasteiger partial charge is 0.0605 e. The van der Waals surface area contributed by atoms with Gasteiger partial charge in [0.05, 0.1) is 6.04 Å². The molecule has 0 aliphatic carbocycles. The van der Waals surface area contributed by atoms with E-state index in [1.165, 1.54) is 23.1 Å². The predicted octanol–water partition coefficient (Wildman–Crippen LogP) is 2.77. The van der Waals surface area contributed by atoms with Gasteiger partial charge in [-0.1, -0.05) is 30.3 Å². The van der Waals surface area contributed by atoms with Gasteiger partial charge >= 0.3 is 0 Å². The number of pyridine rings is 1. The van der Waals surface area contributed by atoms with Crippen molar-refractivity contribution in [3.63, 3.8) is 0 Å². The molecule has 0 radical (unpaired) electrons. The summed E-state index contributed by atoms with van der Waals surface area (Å²) in [5, 5.41) is 3.50. The quantitative estimate of drug-likeness (QED) is 0.937. The van der Waals surface area contributed by atoms with Crippen LogP contribution < -0.4 is 5.32 Å². The Balaban J connectivity index is 2.00. The Bertz CT molecular complexity index is 560. The Kier molecular flexibility index (Phi) is 4.63. The maximum atomic E-state index is 4.25. The van der Waals surface area contributed by atoms with Crippen molar-refractivity contribution in [3.05, 3.63) is 65.5 Å². The summed E-state index contributed by atoms with van der Waals surface area (Å²) in [6.45, 7) is 6.56. The number of benzene rings is 1. The van der Waals surface area contributed by atoms with Crippen molar-refractivity contribution >= 4 is 0 Å². The van der Waals surface area contributed by atoms with Gasteiger partial charge in [0.15, 0.2) is 0 Å². The summed E-state index contributed by atoms with van der Waals surface area (Å²) in [6.07, 6.45) is 5.09. The molecule has 3 nitrogen and oxygen atoms in total. The first-order chi connectivity index (χ1) is 10.4. The number of rotatable bonds is 3. The van der Waals surface area contributed by atoms with Crippen LogP contribution in [-0.4, -0.2) is 36.1 Å². The van der Waals surface area contributed by atoms with Crippen LogP contribution in [0.25, 0.3) is 0 Å². The molecule has 0 amide bonds. The van der Waals surface area contributed by atoms with E-state index in [1.54, 1.807) is 0 Å². The van der Waals surface area contributed by atoms with Crippen molar-refractivity contribution in [1.29, 1.82) is 0 Å². The van der Waals surface area contributed by atoms with Gasteiger partial charge in [-0.25, -0.2) is 0 Å². The first-order valence-electron chi connectivity index (χ1n) is 7.76. The van der Waals surface area contributed by atoms with E-state index in [9.17, 15) is 0 Å². The maximum Gasteiger partial charge on any atom is 0.0605 e. The van der Waals surface area contributed by atoms with E-state index >= 15 is 0 Å². The summed E-state index contributed by atoms with van der Waals surface area (Å²) in [5.74, 6) is 0. The first kappa shape index (κ1) is 14.2. The van der Waals surface area contributed by atoms with Crippen molar-refractivity contribution < 1.29 is 0 Å². The highest BCUT2D eigenvalue weighted by molar-refractivity contribution is 5.35. The molecule has 2 aromatic rings. The third kappa shape index (κ3) is 3.31. The minimum absolute atomic E-state index is 0.328. The normalized spacial score (nSPS) is 18.1. The largest absolute Gasteiger partial charge is 0.315 e. The van der Waals surface area contributed by atoms with Crippen molar-refractivity contribution in [1.82, 2.24) is 15.2 Å². The molecular weight excluding hydrogens is 258 g/mol. The van der Waals surface area contributed by atoms with E-state index in [4.69, 9.17) is 0 Å². The summed E-state index contributed by atoms with van der Waals surface area (Å²) in [4.78, 5) is 6.85. The zero-order valence-electron chi connectivity index (χ0n) is 12.6.